The number of aliphatic imine (C=N–C) groups is 1. The molecular formula is C21H34N6. The molecule has 148 valence electrons. The fraction of sp³-hybridized carbons (Fsp3) is 0.571. The molecular weight excluding hydrogens is 336 g/mol. The van der Waals surface area contributed by atoms with Crippen molar-refractivity contribution in [1.29, 1.82) is 0 Å². The zero-order chi connectivity index (χ0) is 20.0. The molecule has 0 aliphatic heterocycles. The van der Waals surface area contributed by atoms with Crippen LogP contribution in [0.1, 0.15) is 57.5 Å². The summed E-state index contributed by atoms with van der Waals surface area (Å²) in [6.07, 6.45) is 4.17. The van der Waals surface area contributed by atoms with E-state index in [9.17, 15) is 0 Å². The quantitative estimate of drug-likeness (QED) is 0.600. The van der Waals surface area contributed by atoms with Gasteiger partial charge in [-0.1, -0.05) is 26.8 Å². The third-order valence-corrected chi connectivity index (χ3v) is 4.43. The van der Waals surface area contributed by atoms with Crippen LogP contribution < -0.4 is 10.6 Å². The average molecular weight is 371 g/mol. The minimum Gasteiger partial charge on any atom is -0.354 e. The highest BCUT2D eigenvalue weighted by molar-refractivity contribution is 5.79. The maximum Gasteiger partial charge on any atom is 0.191 e. The molecule has 0 fully saturated rings. The topological polar surface area (TPSA) is 67.1 Å². The molecule has 0 bridgehead atoms. The molecule has 2 heterocycles. The molecule has 27 heavy (non-hydrogen) atoms. The number of nitrogens with one attached hydrogen (secondary N) is 2. The third-order valence-electron chi connectivity index (χ3n) is 4.43. The fourth-order valence-corrected chi connectivity index (χ4v) is 2.84. The summed E-state index contributed by atoms with van der Waals surface area (Å²) in [4.78, 5) is 8.87. The Morgan fingerprint density at radius 3 is 2.52 bits per heavy atom. The summed E-state index contributed by atoms with van der Waals surface area (Å²) in [7, 11) is 1.80. The van der Waals surface area contributed by atoms with Gasteiger partial charge in [0.1, 0.15) is 0 Å². The van der Waals surface area contributed by atoms with Crippen molar-refractivity contribution in [1.82, 2.24) is 25.4 Å². The van der Waals surface area contributed by atoms with E-state index in [1.807, 2.05) is 36.9 Å². The third kappa shape index (κ3) is 6.70. The second-order valence-electron chi connectivity index (χ2n) is 8.43. The molecule has 2 aromatic heterocycles. The van der Waals surface area contributed by atoms with Gasteiger partial charge in [-0.15, -0.1) is 0 Å². The number of guanidine groups is 1. The Morgan fingerprint density at radius 1 is 1.26 bits per heavy atom. The second-order valence-corrected chi connectivity index (χ2v) is 8.43. The molecule has 0 saturated carbocycles. The van der Waals surface area contributed by atoms with Gasteiger partial charge >= 0.3 is 0 Å². The monoisotopic (exact) mass is 370 g/mol. The van der Waals surface area contributed by atoms with Gasteiger partial charge in [-0.3, -0.25) is 4.99 Å². The van der Waals surface area contributed by atoms with Gasteiger partial charge in [0, 0.05) is 31.5 Å². The van der Waals surface area contributed by atoms with E-state index in [-0.39, 0.29) is 0 Å². The van der Waals surface area contributed by atoms with E-state index in [1.165, 1.54) is 6.42 Å². The molecule has 2 aromatic rings. The van der Waals surface area contributed by atoms with Crippen molar-refractivity contribution in [3.8, 4) is 5.82 Å². The first-order chi connectivity index (χ1) is 12.7. The Balaban J connectivity index is 1.88. The molecule has 0 aliphatic rings. The Labute approximate surface area is 163 Å². The summed E-state index contributed by atoms with van der Waals surface area (Å²) in [6, 6.07) is 6.50. The Bertz CT molecular complexity index is 752. The van der Waals surface area contributed by atoms with Crippen molar-refractivity contribution in [3.63, 3.8) is 0 Å². The van der Waals surface area contributed by atoms with Crippen LogP contribution in [0.4, 0.5) is 0 Å². The number of rotatable bonds is 6. The number of hydrogen-bond acceptors (Lipinski definition) is 3. The fourth-order valence-electron chi connectivity index (χ4n) is 2.84. The molecule has 0 radical (unpaired) electrons. The van der Waals surface area contributed by atoms with Crippen molar-refractivity contribution in [3.05, 3.63) is 41.3 Å². The van der Waals surface area contributed by atoms with Gasteiger partial charge in [0.25, 0.3) is 0 Å². The summed E-state index contributed by atoms with van der Waals surface area (Å²) in [5.41, 5.74) is 3.53. The predicted octanol–water partition coefficient (Wildman–Crippen LogP) is 3.76. The van der Waals surface area contributed by atoms with E-state index in [0.717, 1.165) is 35.1 Å². The molecule has 0 aromatic carbocycles. The van der Waals surface area contributed by atoms with Crippen molar-refractivity contribution >= 4 is 5.96 Å². The maximum absolute atomic E-state index is 4.54. The molecule has 0 spiro atoms. The lowest BCUT2D eigenvalue weighted by Gasteiger charge is -2.23. The zero-order valence-electron chi connectivity index (χ0n) is 17.8. The summed E-state index contributed by atoms with van der Waals surface area (Å²) >= 11 is 0. The van der Waals surface area contributed by atoms with Crippen molar-refractivity contribution in [2.24, 2.45) is 10.4 Å². The summed E-state index contributed by atoms with van der Waals surface area (Å²) in [5, 5.41) is 11.3. The molecule has 2 rings (SSSR count). The van der Waals surface area contributed by atoms with Crippen LogP contribution in [0.2, 0.25) is 0 Å². The smallest absolute Gasteiger partial charge is 0.191 e. The van der Waals surface area contributed by atoms with E-state index < -0.39 is 0 Å². The SMILES string of the molecule is CN=C(NCc1ccc(-n2nc(C)cc2C)nc1)NC(C)CCC(C)(C)C. The van der Waals surface area contributed by atoms with Gasteiger partial charge in [0.2, 0.25) is 0 Å². The molecule has 0 aliphatic carbocycles. The predicted molar refractivity (Wildman–Crippen MR) is 112 cm³/mol. The normalized spacial score (nSPS) is 13.5. The van der Waals surface area contributed by atoms with Crippen molar-refractivity contribution in [2.75, 3.05) is 7.05 Å². The maximum atomic E-state index is 4.54. The highest BCUT2D eigenvalue weighted by Crippen LogP contribution is 2.21. The number of aromatic nitrogens is 3. The molecule has 6 nitrogen and oxygen atoms in total. The van der Waals surface area contributed by atoms with E-state index in [1.54, 1.807) is 7.05 Å². The van der Waals surface area contributed by atoms with Crippen molar-refractivity contribution < 1.29 is 0 Å². The molecule has 0 amide bonds. The van der Waals surface area contributed by atoms with Crippen LogP contribution in [0, 0.1) is 19.3 Å². The van der Waals surface area contributed by atoms with Gasteiger partial charge in [0.15, 0.2) is 11.8 Å². The first kappa shape index (κ1) is 20.9. The van der Waals surface area contributed by atoms with Crippen LogP contribution in [-0.4, -0.2) is 33.8 Å². The highest BCUT2D eigenvalue weighted by Gasteiger charge is 2.13. The van der Waals surface area contributed by atoms with Gasteiger partial charge < -0.3 is 10.6 Å². The van der Waals surface area contributed by atoms with Crippen LogP contribution >= 0.6 is 0 Å². The largest absolute Gasteiger partial charge is 0.354 e. The number of nitrogens with zero attached hydrogens (tertiary/aromatic N) is 4. The van der Waals surface area contributed by atoms with E-state index in [4.69, 9.17) is 0 Å². The number of pyridine rings is 1. The van der Waals surface area contributed by atoms with E-state index >= 15 is 0 Å². The van der Waals surface area contributed by atoms with E-state index in [2.05, 4.69) is 59.5 Å². The second kappa shape index (κ2) is 9.02. The number of hydrogen-bond donors (Lipinski definition) is 2. The molecule has 1 atom stereocenters. The van der Waals surface area contributed by atoms with Gasteiger partial charge in [-0.05, 0) is 56.7 Å². The zero-order valence-corrected chi connectivity index (χ0v) is 17.8. The van der Waals surface area contributed by atoms with Gasteiger partial charge in [0.05, 0.1) is 5.69 Å². The van der Waals surface area contributed by atoms with Crippen LogP contribution in [0.3, 0.4) is 0 Å². The lowest BCUT2D eigenvalue weighted by Crippen LogP contribution is -2.42. The standard InChI is InChI=1S/C21H34N6/c1-15(10-11-21(4,5)6)25-20(22-7)24-14-18-8-9-19(23-13-18)27-17(3)12-16(2)26-27/h8-9,12-13,15H,10-11,14H2,1-7H3,(H2,22,24,25). The first-order valence-corrected chi connectivity index (χ1v) is 9.64. The van der Waals surface area contributed by atoms with Crippen LogP contribution in [0.25, 0.3) is 5.82 Å². The van der Waals surface area contributed by atoms with Gasteiger partial charge in [-0.2, -0.15) is 5.10 Å². The minimum atomic E-state index is 0.353. The van der Waals surface area contributed by atoms with Crippen LogP contribution in [0.15, 0.2) is 29.4 Å². The average Bonchev–Trinajstić information content (AvgIpc) is 2.95. The Kier molecular flexibility index (Phi) is 6.99. The Hall–Kier alpha value is -2.37. The summed E-state index contributed by atoms with van der Waals surface area (Å²) in [6.45, 7) is 13.7. The summed E-state index contributed by atoms with van der Waals surface area (Å²) < 4.78 is 1.87. The molecule has 6 heteroatoms. The lowest BCUT2D eigenvalue weighted by atomic mass is 9.89. The van der Waals surface area contributed by atoms with Crippen LogP contribution in [0.5, 0.6) is 0 Å². The Morgan fingerprint density at radius 2 is 2.00 bits per heavy atom. The molecule has 1 unspecified atom stereocenters. The van der Waals surface area contributed by atoms with Crippen molar-refractivity contribution in [2.45, 2.75) is 67.0 Å². The molecule has 0 saturated heterocycles. The number of aryl methyl sites for hydroxylation is 2. The molecule has 2 N–H and O–H groups in total. The van der Waals surface area contributed by atoms with Gasteiger partial charge in [-0.25, -0.2) is 9.67 Å². The first-order valence-electron chi connectivity index (χ1n) is 9.64. The van der Waals surface area contributed by atoms with E-state index in [0.29, 0.717) is 18.0 Å². The van der Waals surface area contributed by atoms with Crippen LogP contribution in [-0.2, 0) is 6.54 Å². The summed E-state index contributed by atoms with van der Waals surface area (Å²) in [5.74, 6) is 1.65. The minimum absolute atomic E-state index is 0.353. The lowest BCUT2D eigenvalue weighted by molar-refractivity contribution is 0.346. The highest BCUT2D eigenvalue weighted by atomic mass is 15.3.